The average Bonchev–Trinajstić information content (AvgIpc) is 3.18. The van der Waals surface area contributed by atoms with Crippen LogP contribution in [0.2, 0.25) is 5.02 Å². The molecule has 0 spiro atoms. The van der Waals surface area contributed by atoms with Gasteiger partial charge in [-0.1, -0.05) is 37.4 Å². The first-order valence-corrected chi connectivity index (χ1v) is 13.7. The fourth-order valence-electron chi connectivity index (χ4n) is 4.98. The van der Waals surface area contributed by atoms with E-state index in [0.717, 1.165) is 61.9 Å². The van der Waals surface area contributed by atoms with Crippen LogP contribution in [0.5, 0.6) is 0 Å². The highest BCUT2D eigenvalue weighted by Gasteiger charge is 2.38. The van der Waals surface area contributed by atoms with E-state index >= 15 is 0 Å². The van der Waals surface area contributed by atoms with Crippen LogP contribution < -0.4 is 5.32 Å². The molecule has 2 N–H and O–H groups in total. The second kappa shape index (κ2) is 12.9. The number of carboxylic acids is 1. The first-order valence-electron chi connectivity index (χ1n) is 13.4. The Labute approximate surface area is 235 Å². The maximum atomic E-state index is 13.2. The molecule has 2 heterocycles. The number of anilines is 1. The van der Waals surface area contributed by atoms with Gasteiger partial charge in [0.1, 0.15) is 0 Å². The van der Waals surface area contributed by atoms with Gasteiger partial charge in [0.25, 0.3) is 5.91 Å². The van der Waals surface area contributed by atoms with E-state index in [1.807, 2.05) is 35.0 Å². The van der Waals surface area contributed by atoms with Crippen molar-refractivity contribution >= 4 is 29.2 Å². The molecule has 0 bridgehead atoms. The number of aromatic nitrogens is 2. The van der Waals surface area contributed by atoms with Crippen molar-refractivity contribution in [1.29, 1.82) is 0 Å². The van der Waals surface area contributed by atoms with E-state index < -0.39 is 12.1 Å². The summed E-state index contributed by atoms with van der Waals surface area (Å²) in [6.07, 6.45) is 4.50. The number of alkyl halides is 3. The van der Waals surface area contributed by atoms with Crippen LogP contribution in [0.25, 0.3) is 5.69 Å². The summed E-state index contributed by atoms with van der Waals surface area (Å²) in [6.45, 7) is 4.37. The minimum atomic E-state index is -5.08. The lowest BCUT2D eigenvalue weighted by atomic mass is 9.91. The van der Waals surface area contributed by atoms with Crippen molar-refractivity contribution in [1.82, 2.24) is 14.7 Å². The zero-order valence-electron chi connectivity index (χ0n) is 22.2. The highest BCUT2D eigenvalue weighted by atomic mass is 35.5. The molecule has 1 fully saturated rings. The van der Waals surface area contributed by atoms with Gasteiger partial charge in [-0.05, 0) is 79.6 Å². The van der Waals surface area contributed by atoms with Gasteiger partial charge >= 0.3 is 12.1 Å². The van der Waals surface area contributed by atoms with Crippen molar-refractivity contribution < 1.29 is 27.9 Å². The van der Waals surface area contributed by atoms with Gasteiger partial charge in [0.05, 0.1) is 23.1 Å². The summed E-state index contributed by atoms with van der Waals surface area (Å²) in [6, 6.07) is 14.7. The topological polar surface area (TPSA) is 87.5 Å². The van der Waals surface area contributed by atoms with Crippen molar-refractivity contribution in [2.75, 3.05) is 18.4 Å². The number of hydrogen-bond acceptors (Lipinski definition) is 4. The fourth-order valence-corrected chi connectivity index (χ4v) is 5.11. The summed E-state index contributed by atoms with van der Waals surface area (Å²) in [7, 11) is 0. The lowest BCUT2D eigenvalue weighted by Crippen LogP contribution is -2.41. The van der Waals surface area contributed by atoms with Crippen LogP contribution in [0.3, 0.4) is 0 Å². The van der Waals surface area contributed by atoms with E-state index in [1.54, 1.807) is 6.20 Å². The van der Waals surface area contributed by atoms with Gasteiger partial charge in [0.2, 0.25) is 0 Å². The number of rotatable bonds is 6. The van der Waals surface area contributed by atoms with Crippen LogP contribution in [0.1, 0.15) is 59.8 Å². The van der Waals surface area contributed by atoms with Crippen LogP contribution in [-0.2, 0) is 24.1 Å². The molecular weight excluding hydrogens is 545 g/mol. The van der Waals surface area contributed by atoms with Crippen molar-refractivity contribution in [3.63, 3.8) is 0 Å². The number of hydrogen-bond donors (Lipinski definition) is 2. The number of fused-ring (bicyclic) bond motifs is 1. The maximum Gasteiger partial charge on any atom is 0.490 e. The monoisotopic (exact) mass is 576 g/mol. The number of carboxylic acid groups (broad SMARTS) is 1. The predicted octanol–water partition coefficient (Wildman–Crippen LogP) is 6.32. The van der Waals surface area contributed by atoms with Gasteiger partial charge < -0.3 is 10.4 Å². The molecule has 1 aliphatic carbocycles. The average molecular weight is 577 g/mol. The van der Waals surface area contributed by atoms with Crippen LogP contribution in [0.15, 0.2) is 48.7 Å². The number of nitrogens with one attached hydrogen (secondary N) is 1. The molecule has 2 aromatic carbocycles. The van der Waals surface area contributed by atoms with Crippen molar-refractivity contribution in [2.45, 2.75) is 64.1 Å². The first-order chi connectivity index (χ1) is 19.1. The zero-order chi connectivity index (χ0) is 28.9. The largest absolute Gasteiger partial charge is 0.490 e. The Morgan fingerprint density at radius 3 is 2.30 bits per heavy atom. The highest BCUT2D eigenvalue weighted by Crippen LogP contribution is 2.28. The quantitative estimate of drug-likeness (QED) is 0.359. The van der Waals surface area contributed by atoms with E-state index in [1.165, 1.54) is 30.4 Å². The summed E-state index contributed by atoms with van der Waals surface area (Å²) in [5, 5.41) is 15.5. The summed E-state index contributed by atoms with van der Waals surface area (Å²) in [4.78, 5) is 24.8. The molecule has 1 aromatic heterocycles. The lowest BCUT2D eigenvalue weighted by Gasteiger charge is -2.36. The number of carbonyl (C=O) groups excluding carboxylic acids is 1. The predicted molar refractivity (Wildman–Crippen MR) is 147 cm³/mol. The van der Waals surface area contributed by atoms with Gasteiger partial charge in [0, 0.05) is 29.8 Å². The first kappa shape index (κ1) is 29.6. The smallest absolute Gasteiger partial charge is 0.475 e. The summed E-state index contributed by atoms with van der Waals surface area (Å²) >= 11 is 6.04. The van der Waals surface area contributed by atoms with Crippen LogP contribution in [0.4, 0.5) is 18.9 Å². The Bertz CT molecular complexity index is 1340. The number of carbonyl (C=O) groups is 2. The van der Waals surface area contributed by atoms with E-state index in [0.29, 0.717) is 10.6 Å². The van der Waals surface area contributed by atoms with Crippen molar-refractivity contribution in [3.8, 4) is 5.69 Å². The Balaban J connectivity index is 0.000000470. The molecule has 5 rings (SSSR count). The molecule has 3 aromatic rings. The molecule has 1 aliphatic heterocycles. The normalized spacial score (nSPS) is 15.7. The van der Waals surface area contributed by atoms with Gasteiger partial charge in [0.15, 0.2) is 0 Å². The fraction of sp³-hybridized carbons (Fsp3) is 0.414. The molecule has 214 valence electrons. The van der Waals surface area contributed by atoms with E-state index in [4.69, 9.17) is 21.5 Å². The Morgan fingerprint density at radius 2 is 1.73 bits per heavy atom. The van der Waals surface area contributed by atoms with Crippen LogP contribution in [0, 0.1) is 0 Å². The van der Waals surface area contributed by atoms with E-state index in [9.17, 15) is 18.0 Å². The molecule has 11 heteroatoms. The van der Waals surface area contributed by atoms with Crippen LogP contribution in [-0.4, -0.2) is 57.0 Å². The van der Waals surface area contributed by atoms with Gasteiger partial charge in [-0.15, -0.1) is 0 Å². The summed E-state index contributed by atoms with van der Waals surface area (Å²) < 4.78 is 33.6. The number of benzene rings is 2. The SMILES string of the molecule is CCCc1c(C(=O)Nc2ccc3c(c2)CCN(C2CCC2)CC3)cnn1-c1ccc(Cl)cc1.O=C(O)C(F)(F)F. The maximum absolute atomic E-state index is 13.2. The van der Waals surface area contributed by atoms with E-state index in [-0.39, 0.29) is 5.91 Å². The lowest BCUT2D eigenvalue weighted by molar-refractivity contribution is -0.192. The molecule has 7 nitrogen and oxygen atoms in total. The molecule has 1 saturated carbocycles. The summed E-state index contributed by atoms with van der Waals surface area (Å²) in [5.41, 5.74) is 6.08. The highest BCUT2D eigenvalue weighted by molar-refractivity contribution is 6.30. The third-order valence-electron chi connectivity index (χ3n) is 7.31. The van der Waals surface area contributed by atoms with Crippen LogP contribution >= 0.6 is 11.6 Å². The number of nitrogens with zero attached hydrogens (tertiary/aromatic N) is 3. The number of halogens is 4. The molecule has 0 atom stereocenters. The van der Waals surface area contributed by atoms with Crippen molar-refractivity contribution in [2.24, 2.45) is 0 Å². The zero-order valence-corrected chi connectivity index (χ0v) is 22.9. The minimum absolute atomic E-state index is 0.108. The second-order valence-corrected chi connectivity index (χ2v) is 10.4. The Morgan fingerprint density at radius 1 is 1.07 bits per heavy atom. The van der Waals surface area contributed by atoms with Crippen molar-refractivity contribution in [3.05, 3.63) is 76.1 Å². The van der Waals surface area contributed by atoms with Gasteiger partial charge in [-0.3, -0.25) is 9.69 Å². The molecule has 0 radical (unpaired) electrons. The Kier molecular flexibility index (Phi) is 9.52. The number of amides is 1. The second-order valence-electron chi connectivity index (χ2n) is 10.0. The van der Waals surface area contributed by atoms with Gasteiger partial charge in [-0.2, -0.15) is 18.3 Å². The third-order valence-corrected chi connectivity index (χ3v) is 7.56. The standard InChI is InChI=1S/C27H31ClN4O.C2HF3O2/c1-2-4-26-25(18-29-32(26)24-11-8-21(28)9-12-24)27(33)30-22-10-7-19-13-15-31(23-5-3-6-23)16-14-20(19)17-22;3-2(4,5)1(6)7/h7-12,17-18,23H,2-6,13-16H2,1H3,(H,30,33);(H,6,7). The van der Waals surface area contributed by atoms with E-state index in [2.05, 4.69) is 34.4 Å². The molecule has 0 unspecified atom stereocenters. The minimum Gasteiger partial charge on any atom is -0.475 e. The number of aliphatic carboxylic acids is 1. The third kappa shape index (κ3) is 7.22. The van der Waals surface area contributed by atoms with Gasteiger partial charge in [-0.25, -0.2) is 9.48 Å². The summed E-state index contributed by atoms with van der Waals surface area (Å²) in [5.74, 6) is -2.86. The molecule has 40 heavy (non-hydrogen) atoms. The molecule has 2 aliphatic rings. The Hall–Kier alpha value is -3.37. The molecule has 0 saturated heterocycles. The molecule has 1 amide bonds. The molecular formula is C29H32ClF3N4O3.